The molecule has 0 saturated carbocycles. The number of fused-ring (bicyclic) bond motifs is 3. The number of carboxylic acid groups (broad SMARTS) is 1. The van der Waals surface area contributed by atoms with Crippen molar-refractivity contribution >= 4 is 23.8 Å². The monoisotopic (exact) mass is 460 g/mol. The molecule has 1 aromatic heterocycles. The number of ether oxygens (including phenoxy) is 1. The number of rotatable bonds is 8. The quantitative estimate of drug-likeness (QED) is 0.442. The van der Waals surface area contributed by atoms with Crippen LogP contribution in [-0.2, 0) is 16.6 Å². The number of aryl methyl sites for hydroxylation is 1. The molecule has 1 aliphatic rings. The Kier molecular flexibility index (Phi) is 6.44. The summed E-state index contributed by atoms with van der Waals surface area (Å²) in [6.07, 6.45) is 0.776. The van der Waals surface area contributed by atoms with E-state index in [9.17, 15) is 19.5 Å². The summed E-state index contributed by atoms with van der Waals surface area (Å²) in [5.74, 6) is -1.78. The molecule has 3 N–H and O–H groups in total. The number of carboxylic acids is 1. The maximum absolute atomic E-state index is 12.5. The molecule has 3 aromatic rings. The molecule has 0 bridgehead atoms. The first kappa shape index (κ1) is 22.8. The Morgan fingerprint density at radius 1 is 1.15 bits per heavy atom. The van der Waals surface area contributed by atoms with Gasteiger partial charge < -0.3 is 15.2 Å². The van der Waals surface area contributed by atoms with Gasteiger partial charge in [-0.15, -0.1) is 6.58 Å². The normalized spacial score (nSPS) is 12.9. The van der Waals surface area contributed by atoms with Gasteiger partial charge >= 0.3 is 12.1 Å². The van der Waals surface area contributed by atoms with Crippen molar-refractivity contribution in [2.45, 2.75) is 18.4 Å². The Bertz CT molecular complexity index is 1220. The molecule has 174 valence electrons. The zero-order valence-corrected chi connectivity index (χ0v) is 18.5. The maximum atomic E-state index is 12.5. The Morgan fingerprint density at radius 2 is 1.76 bits per heavy atom. The Labute approximate surface area is 196 Å². The number of nitrogens with zero attached hydrogens (tertiary/aromatic N) is 2. The van der Waals surface area contributed by atoms with Crippen LogP contribution in [0.5, 0.6) is 0 Å². The lowest BCUT2D eigenvalue weighted by Crippen LogP contribution is -2.41. The van der Waals surface area contributed by atoms with E-state index in [1.807, 2.05) is 36.4 Å². The number of aromatic nitrogens is 2. The summed E-state index contributed by atoms with van der Waals surface area (Å²) in [4.78, 5) is 36.2. The average Bonchev–Trinajstić information content (AvgIpc) is 3.34. The van der Waals surface area contributed by atoms with E-state index >= 15 is 0 Å². The number of amides is 2. The molecule has 1 unspecified atom stereocenters. The molecule has 9 heteroatoms. The van der Waals surface area contributed by atoms with Gasteiger partial charge in [-0.1, -0.05) is 54.6 Å². The Morgan fingerprint density at radius 3 is 2.35 bits per heavy atom. The van der Waals surface area contributed by atoms with Gasteiger partial charge in [0.15, 0.2) is 5.82 Å². The van der Waals surface area contributed by atoms with E-state index in [-0.39, 0.29) is 30.5 Å². The van der Waals surface area contributed by atoms with E-state index in [0.29, 0.717) is 0 Å². The van der Waals surface area contributed by atoms with Crippen LogP contribution in [0.15, 0.2) is 67.3 Å². The molecule has 0 spiro atoms. The minimum atomic E-state index is -1.17. The summed E-state index contributed by atoms with van der Waals surface area (Å²) in [5, 5.41) is 18.2. The Balaban J connectivity index is 1.40. The van der Waals surface area contributed by atoms with Crippen LogP contribution in [0.2, 0.25) is 0 Å². The van der Waals surface area contributed by atoms with Crippen molar-refractivity contribution in [3.8, 4) is 11.1 Å². The topological polar surface area (TPSA) is 123 Å². The van der Waals surface area contributed by atoms with E-state index in [1.54, 1.807) is 0 Å². The Hall–Kier alpha value is -4.40. The van der Waals surface area contributed by atoms with Crippen LogP contribution in [0.25, 0.3) is 11.1 Å². The molecule has 0 fully saturated rings. The molecule has 2 amide bonds. The average molecular weight is 460 g/mol. The molecule has 0 saturated heterocycles. The number of hydrogen-bond donors (Lipinski definition) is 3. The third kappa shape index (κ3) is 4.54. The highest BCUT2D eigenvalue weighted by Gasteiger charge is 2.29. The van der Waals surface area contributed by atoms with E-state index in [1.165, 1.54) is 23.9 Å². The molecule has 1 atom stereocenters. The summed E-state index contributed by atoms with van der Waals surface area (Å²) in [7, 11) is 1.51. The highest BCUT2D eigenvalue weighted by molar-refractivity contribution is 5.96. The van der Waals surface area contributed by atoms with Crippen molar-refractivity contribution in [1.29, 1.82) is 0 Å². The molecule has 2 aromatic carbocycles. The van der Waals surface area contributed by atoms with Gasteiger partial charge in [0.2, 0.25) is 0 Å². The molecule has 4 rings (SSSR count). The molecule has 1 aliphatic carbocycles. The predicted octanol–water partition coefficient (Wildman–Crippen LogP) is 3.54. The summed E-state index contributed by atoms with van der Waals surface area (Å²) in [6.45, 7) is 3.64. The number of benzene rings is 2. The first-order valence-corrected chi connectivity index (χ1v) is 10.7. The van der Waals surface area contributed by atoms with Gasteiger partial charge in [0.25, 0.3) is 5.91 Å². The number of aliphatic carboxylic acids is 1. The first-order chi connectivity index (χ1) is 16.4. The second kappa shape index (κ2) is 9.62. The molecule has 9 nitrogen and oxygen atoms in total. The highest BCUT2D eigenvalue weighted by Crippen LogP contribution is 2.44. The molecule has 0 aliphatic heterocycles. The molecule has 1 heterocycles. The lowest BCUT2D eigenvalue weighted by Gasteiger charge is -2.14. The van der Waals surface area contributed by atoms with Crippen LogP contribution in [0.4, 0.5) is 10.6 Å². The van der Waals surface area contributed by atoms with Crippen LogP contribution in [-0.4, -0.2) is 45.5 Å². The molecule has 34 heavy (non-hydrogen) atoms. The number of hydrogen-bond acceptors (Lipinski definition) is 5. The summed E-state index contributed by atoms with van der Waals surface area (Å²) >= 11 is 0. The van der Waals surface area contributed by atoms with Gasteiger partial charge in [0.1, 0.15) is 18.3 Å². The van der Waals surface area contributed by atoms with Gasteiger partial charge in [0, 0.05) is 19.0 Å². The van der Waals surface area contributed by atoms with Crippen LogP contribution >= 0.6 is 0 Å². The predicted molar refractivity (Wildman–Crippen MR) is 126 cm³/mol. The fraction of sp³-hybridized carbons (Fsp3) is 0.200. The van der Waals surface area contributed by atoms with Crippen molar-refractivity contribution in [3.63, 3.8) is 0 Å². The van der Waals surface area contributed by atoms with Crippen molar-refractivity contribution in [2.24, 2.45) is 7.05 Å². The van der Waals surface area contributed by atoms with Gasteiger partial charge in [-0.3, -0.25) is 14.8 Å². The molecular weight excluding hydrogens is 436 g/mol. The highest BCUT2D eigenvalue weighted by atomic mass is 16.5. The van der Waals surface area contributed by atoms with E-state index < -0.39 is 24.0 Å². The van der Waals surface area contributed by atoms with E-state index in [4.69, 9.17) is 4.74 Å². The van der Waals surface area contributed by atoms with Crippen molar-refractivity contribution in [3.05, 3.63) is 84.1 Å². The SMILES string of the molecule is C=CCC(NC(=O)c1cc(NC(=O)OCC2c3ccccc3-c3ccccc32)nn1C)C(=O)O. The fourth-order valence-electron chi connectivity index (χ4n) is 4.10. The minimum Gasteiger partial charge on any atom is -0.480 e. The summed E-state index contributed by atoms with van der Waals surface area (Å²) < 4.78 is 6.74. The van der Waals surface area contributed by atoms with Crippen LogP contribution in [0.1, 0.15) is 34.0 Å². The first-order valence-electron chi connectivity index (χ1n) is 10.7. The number of carbonyl (C=O) groups is 3. The molecular formula is C25H24N4O5. The number of carbonyl (C=O) groups excluding carboxylic acids is 2. The van der Waals surface area contributed by atoms with Crippen molar-refractivity contribution in [2.75, 3.05) is 11.9 Å². The lowest BCUT2D eigenvalue weighted by atomic mass is 9.98. The minimum absolute atomic E-state index is 0.0732. The van der Waals surface area contributed by atoms with Gasteiger partial charge in [-0.25, -0.2) is 9.59 Å². The zero-order chi connectivity index (χ0) is 24.2. The van der Waals surface area contributed by atoms with Gasteiger partial charge in [-0.05, 0) is 28.7 Å². The lowest BCUT2D eigenvalue weighted by molar-refractivity contribution is -0.139. The summed E-state index contributed by atoms with van der Waals surface area (Å²) in [6, 6.07) is 16.3. The second-order valence-corrected chi connectivity index (χ2v) is 7.88. The smallest absolute Gasteiger partial charge is 0.412 e. The van der Waals surface area contributed by atoms with Crippen LogP contribution in [0.3, 0.4) is 0 Å². The molecule has 0 radical (unpaired) electrons. The summed E-state index contributed by atoms with van der Waals surface area (Å²) in [5.41, 5.74) is 4.54. The van der Waals surface area contributed by atoms with Crippen molar-refractivity contribution < 1.29 is 24.2 Å². The maximum Gasteiger partial charge on any atom is 0.412 e. The zero-order valence-electron chi connectivity index (χ0n) is 18.5. The van der Waals surface area contributed by atoms with Gasteiger partial charge in [-0.2, -0.15) is 5.10 Å². The van der Waals surface area contributed by atoms with E-state index in [0.717, 1.165) is 22.3 Å². The third-order valence-electron chi connectivity index (χ3n) is 5.69. The van der Waals surface area contributed by atoms with Gasteiger partial charge in [0.05, 0.1) is 0 Å². The number of anilines is 1. The fourth-order valence-corrected chi connectivity index (χ4v) is 4.10. The number of nitrogens with one attached hydrogen (secondary N) is 2. The van der Waals surface area contributed by atoms with Crippen LogP contribution in [0, 0.1) is 0 Å². The third-order valence-corrected chi connectivity index (χ3v) is 5.69. The van der Waals surface area contributed by atoms with Crippen LogP contribution < -0.4 is 10.6 Å². The largest absolute Gasteiger partial charge is 0.480 e. The second-order valence-electron chi connectivity index (χ2n) is 7.88. The standard InChI is InChI=1S/C25H24N4O5/c1-3-8-20(24(31)32)26-23(30)21-13-22(28-29(21)2)27-25(33)34-14-19-17-11-6-4-9-15(17)16-10-5-7-12-18(16)19/h3-7,9-13,19-20H,1,8,14H2,2H3,(H,26,30)(H,31,32)(H,27,28,33). The van der Waals surface area contributed by atoms with Crippen molar-refractivity contribution in [1.82, 2.24) is 15.1 Å². The van der Waals surface area contributed by atoms with E-state index in [2.05, 4.69) is 34.4 Å².